The molecule has 3 aromatic heterocycles. The van der Waals surface area contributed by atoms with Crippen LogP contribution in [0.4, 0.5) is 17.3 Å². The number of piperidine rings is 1. The molecule has 0 amide bonds. The van der Waals surface area contributed by atoms with Crippen molar-refractivity contribution in [3.05, 3.63) is 53.4 Å². The first-order chi connectivity index (χ1) is 14.6. The van der Waals surface area contributed by atoms with Gasteiger partial charge in [0, 0.05) is 19.7 Å². The Morgan fingerprint density at radius 3 is 2.77 bits per heavy atom. The molecule has 0 aliphatic carbocycles. The van der Waals surface area contributed by atoms with E-state index in [2.05, 4.69) is 15.2 Å². The van der Waals surface area contributed by atoms with Gasteiger partial charge in [0.1, 0.15) is 23.2 Å². The van der Waals surface area contributed by atoms with Crippen LogP contribution in [0, 0.1) is 12.8 Å². The standard InChI is InChI=1S/C22H23ClN6O/c1-14-3-2-4-16(23)20(14)27-21-18-11-24-13-29(18)22-17(25-21)5-6-19(26-22)28-9-7-15(12-30)8-10-28/h2-6,11,13,15,30H,7-10,12H2,1H3,(H,25,27). The van der Waals surface area contributed by atoms with Gasteiger partial charge in [-0.25, -0.2) is 15.0 Å². The smallest absolute Gasteiger partial charge is 0.166 e. The van der Waals surface area contributed by atoms with Crippen molar-refractivity contribution in [2.24, 2.45) is 5.92 Å². The van der Waals surface area contributed by atoms with E-state index in [1.165, 1.54) is 0 Å². The number of imidazole rings is 1. The van der Waals surface area contributed by atoms with Crippen LogP contribution in [0.1, 0.15) is 18.4 Å². The van der Waals surface area contributed by atoms with Crippen LogP contribution in [-0.2, 0) is 0 Å². The van der Waals surface area contributed by atoms with Crippen molar-refractivity contribution in [3.8, 4) is 0 Å². The molecule has 0 radical (unpaired) electrons. The maximum absolute atomic E-state index is 9.38. The molecule has 30 heavy (non-hydrogen) atoms. The molecule has 1 aliphatic heterocycles. The van der Waals surface area contributed by atoms with Gasteiger partial charge < -0.3 is 15.3 Å². The number of nitrogens with zero attached hydrogens (tertiary/aromatic N) is 5. The topological polar surface area (TPSA) is 78.6 Å². The van der Waals surface area contributed by atoms with Crippen LogP contribution in [0.5, 0.6) is 0 Å². The van der Waals surface area contributed by atoms with Crippen molar-refractivity contribution in [1.29, 1.82) is 0 Å². The van der Waals surface area contributed by atoms with Gasteiger partial charge in [-0.1, -0.05) is 23.7 Å². The molecular weight excluding hydrogens is 400 g/mol. The van der Waals surface area contributed by atoms with Gasteiger partial charge in [0.25, 0.3) is 0 Å². The van der Waals surface area contributed by atoms with E-state index in [4.69, 9.17) is 21.6 Å². The third kappa shape index (κ3) is 3.34. The number of rotatable bonds is 4. The SMILES string of the molecule is Cc1cccc(Cl)c1Nc1nc2ccc(N3CCC(CO)CC3)nc2n2cncc12. The number of hydrogen-bond acceptors (Lipinski definition) is 6. The highest BCUT2D eigenvalue weighted by Gasteiger charge is 2.20. The van der Waals surface area contributed by atoms with Gasteiger partial charge in [-0.15, -0.1) is 0 Å². The van der Waals surface area contributed by atoms with Gasteiger partial charge in [0.15, 0.2) is 11.5 Å². The third-order valence-electron chi connectivity index (χ3n) is 5.84. The molecule has 4 heterocycles. The van der Waals surface area contributed by atoms with E-state index in [1.54, 1.807) is 12.5 Å². The van der Waals surface area contributed by atoms with E-state index in [0.717, 1.165) is 59.7 Å². The number of aliphatic hydroxyl groups excluding tert-OH is 1. The second kappa shape index (κ2) is 7.74. The molecular formula is C22H23ClN6O. The third-order valence-corrected chi connectivity index (χ3v) is 6.16. The molecule has 4 aromatic rings. The predicted octanol–water partition coefficient (Wildman–Crippen LogP) is 4.19. The van der Waals surface area contributed by atoms with E-state index in [1.807, 2.05) is 41.7 Å². The monoisotopic (exact) mass is 422 g/mol. The van der Waals surface area contributed by atoms with Gasteiger partial charge in [-0.3, -0.25) is 4.40 Å². The summed E-state index contributed by atoms with van der Waals surface area (Å²) < 4.78 is 1.96. The fraction of sp³-hybridized carbons (Fsp3) is 0.318. The summed E-state index contributed by atoms with van der Waals surface area (Å²) in [4.78, 5) is 16.3. The van der Waals surface area contributed by atoms with E-state index in [0.29, 0.717) is 16.8 Å². The Kier molecular flexibility index (Phi) is 4.92. The molecule has 1 saturated heterocycles. The van der Waals surface area contributed by atoms with Crippen LogP contribution in [0.15, 0.2) is 42.9 Å². The molecule has 2 N–H and O–H groups in total. The molecule has 0 bridgehead atoms. The number of anilines is 3. The second-order valence-corrected chi connectivity index (χ2v) is 8.20. The van der Waals surface area contributed by atoms with E-state index < -0.39 is 0 Å². The molecule has 7 nitrogen and oxygen atoms in total. The van der Waals surface area contributed by atoms with Crippen molar-refractivity contribution in [2.75, 3.05) is 29.9 Å². The first-order valence-corrected chi connectivity index (χ1v) is 10.5. The number of para-hydroxylation sites is 1. The highest BCUT2D eigenvalue weighted by atomic mass is 35.5. The Balaban J connectivity index is 1.55. The number of pyridine rings is 1. The summed E-state index contributed by atoms with van der Waals surface area (Å²) in [5, 5.41) is 13.4. The molecule has 0 atom stereocenters. The van der Waals surface area contributed by atoms with Crippen LogP contribution in [0.2, 0.25) is 5.02 Å². The van der Waals surface area contributed by atoms with Gasteiger partial charge in [-0.2, -0.15) is 0 Å². The zero-order valence-electron chi connectivity index (χ0n) is 16.7. The Morgan fingerprint density at radius 1 is 1.17 bits per heavy atom. The van der Waals surface area contributed by atoms with Crippen LogP contribution >= 0.6 is 11.6 Å². The number of nitrogens with one attached hydrogen (secondary N) is 1. The van der Waals surface area contributed by atoms with E-state index in [9.17, 15) is 5.11 Å². The predicted molar refractivity (Wildman–Crippen MR) is 120 cm³/mol. The number of aliphatic hydroxyl groups is 1. The fourth-order valence-corrected chi connectivity index (χ4v) is 4.30. The van der Waals surface area contributed by atoms with Crippen molar-refractivity contribution in [1.82, 2.24) is 19.4 Å². The Hall–Kier alpha value is -2.90. The van der Waals surface area contributed by atoms with Crippen LogP contribution < -0.4 is 10.2 Å². The average molecular weight is 423 g/mol. The number of benzene rings is 1. The van der Waals surface area contributed by atoms with Crippen LogP contribution in [-0.4, -0.2) is 44.2 Å². The number of aryl methyl sites for hydroxylation is 1. The normalized spacial score (nSPS) is 15.2. The number of hydrogen-bond donors (Lipinski definition) is 2. The highest BCUT2D eigenvalue weighted by molar-refractivity contribution is 6.33. The average Bonchev–Trinajstić information content (AvgIpc) is 3.27. The van der Waals surface area contributed by atoms with Crippen molar-refractivity contribution in [2.45, 2.75) is 19.8 Å². The molecule has 0 unspecified atom stereocenters. The first kappa shape index (κ1) is 19.1. The zero-order valence-corrected chi connectivity index (χ0v) is 17.5. The molecule has 1 aliphatic rings. The lowest BCUT2D eigenvalue weighted by Crippen LogP contribution is -2.35. The van der Waals surface area contributed by atoms with Crippen molar-refractivity contribution < 1.29 is 5.11 Å². The zero-order chi connectivity index (χ0) is 20.7. The van der Waals surface area contributed by atoms with Gasteiger partial charge in [0.2, 0.25) is 0 Å². The minimum Gasteiger partial charge on any atom is -0.396 e. The lowest BCUT2D eigenvalue weighted by Gasteiger charge is -2.32. The second-order valence-electron chi connectivity index (χ2n) is 7.79. The molecule has 1 aromatic carbocycles. The summed E-state index contributed by atoms with van der Waals surface area (Å²) in [6, 6.07) is 9.82. The summed E-state index contributed by atoms with van der Waals surface area (Å²) in [5.41, 5.74) is 4.27. The minimum atomic E-state index is 0.263. The van der Waals surface area contributed by atoms with E-state index >= 15 is 0 Å². The van der Waals surface area contributed by atoms with E-state index in [-0.39, 0.29) is 6.61 Å². The summed E-state index contributed by atoms with van der Waals surface area (Å²) in [6.07, 6.45) is 5.50. The van der Waals surface area contributed by atoms with Gasteiger partial charge in [-0.05, 0) is 49.4 Å². The summed E-state index contributed by atoms with van der Waals surface area (Å²) >= 11 is 6.40. The van der Waals surface area contributed by atoms with Crippen molar-refractivity contribution >= 4 is 45.6 Å². The van der Waals surface area contributed by atoms with Crippen LogP contribution in [0.3, 0.4) is 0 Å². The lowest BCUT2D eigenvalue weighted by molar-refractivity contribution is 0.203. The van der Waals surface area contributed by atoms with Gasteiger partial charge >= 0.3 is 0 Å². The minimum absolute atomic E-state index is 0.263. The summed E-state index contributed by atoms with van der Waals surface area (Å²) in [6.45, 7) is 4.07. The summed E-state index contributed by atoms with van der Waals surface area (Å²) in [7, 11) is 0. The molecule has 5 rings (SSSR count). The molecule has 154 valence electrons. The Labute approximate surface area is 179 Å². The van der Waals surface area contributed by atoms with Gasteiger partial charge in [0.05, 0.1) is 16.9 Å². The summed E-state index contributed by atoms with van der Waals surface area (Å²) in [5.74, 6) is 2.01. The molecule has 1 fully saturated rings. The largest absolute Gasteiger partial charge is 0.396 e. The van der Waals surface area contributed by atoms with Crippen molar-refractivity contribution in [3.63, 3.8) is 0 Å². The maximum atomic E-state index is 9.38. The fourth-order valence-electron chi connectivity index (χ4n) is 4.03. The molecule has 0 spiro atoms. The highest BCUT2D eigenvalue weighted by Crippen LogP contribution is 2.31. The number of fused-ring (bicyclic) bond motifs is 3. The number of aromatic nitrogens is 4. The molecule has 8 heteroatoms. The lowest BCUT2D eigenvalue weighted by atomic mass is 9.98. The first-order valence-electron chi connectivity index (χ1n) is 10.1. The Bertz CT molecular complexity index is 1190. The Morgan fingerprint density at radius 2 is 2.00 bits per heavy atom. The number of halogens is 1. The maximum Gasteiger partial charge on any atom is 0.166 e. The van der Waals surface area contributed by atoms with Crippen LogP contribution in [0.25, 0.3) is 16.7 Å². The quantitative estimate of drug-likeness (QED) is 0.513. The molecule has 0 saturated carbocycles.